The molecule has 5 atom stereocenters. The van der Waals surface area contributed by atoms with Gasteiger partial charge in [-0.25, -0.2) is 14.6 Å². The summed E-state index contributed by atoms with van der Waals surface area (Å²) in [6.07, 6.45) is -5.99. The molecule has 7 rings (SSSR count). The first-order valence-corrected chi connectivity index (χ1v) is 18.7. The number of hydrogen-bond acceptors (Lipinski definition) is 12. The minimum atomic E-state index is -1.87. The van der Waals surface area contributed by atoms with Crippen molar-refractivity contribution in [3.63, 3.8) is 0 Å². The molecule has 296 valence electrons. The Morgan fingerprint density at radius 2 is 1.65 bits per heavy atom. The molecule has 2 saturated heterocycles. The number of ether oxygens (including phenoxy) is 4. The fourth-order valence-electron chi connectivity index (χ4n) is 6.98. The number of amides is 1. The van der Waals surface area contributed by atoms with Gasteiger partial charge in [0.25, 0.3) is 5.91 Å². The van der Waals surface area contributed by atoms with E-state index in [1.807, 2.05) is 85.1 Å². The van der Waals surface area contributed by atoms with Gasteiger partial charge in [-0.05, 0) is 48.9 Å². The summed E-state index contributed by atoms with van der Waals surface area (Å²) in [4.78, 5) is 49.0. The Morgan fingerprint density at radius 1 is 0.895 bits per heavy atom. The van der Waals surface area contributed by atoms with Crippen LogP contribution in [0.1, 0.15) is 33.3 Å². The highest BCUT2D eigenvalue weighted by molar-refractivity contribution is 6.06. The second kappa shape index (κ2) is 17.0. The minimum Gasteiger partial charge on any atom is -0.494 e. The monoisotopic (exact) mass is 776 g/mol. The summed E-state index contributed by atoms with van der Waals surface area (Å²) in [5.74, 6) is -0.788. The third-order valence-electron chi connectivity index (χ3n) is 10.0. The first kappa shape index (κ1) is 39.2. The van der Waals surface area contributed by atoms with E-state index in [-0.39, 0.29) is 18.1 Å². The van der Waals surface area contributed by atoms with Crippen molar-refractivity contribution >= 4 is 34.3 Å². The highest BCUT2D eigenvalue weighted by atomic mass is 16.7. The van der Waals surface area contributed by atoms with Gasteiger partial charge in [0.15, 0.2) is 6.10 Å². The van der Waals surface area contributed by atoms with Crippen LogP contribution in [0.15, 0.2) is 104 Å². The van der Waals surface area contributed by atoms with E-state index in [1.54, 1.807) is 29.3 Å². The molecule has 0 radical (unpaired) electrons. The van der Waals surface area contributed by atoms with Crippen LogP contribution in [0.2, 0.25) is 0 Å². The van der Waals surface area contributed by atoms with Gasteiger partial charge in [0.05, 0.1) is 17.9 Å². The van der Waals surface area contributed by atoms with Crippen molar-refractivity contribution < 1.29 is 48.7 Å². The van der Waals surface area contributed by atoms with Crippen molar-refractivity contribution in [1.82, 2.24) is 14.5 Å². The number of carbonyl (C=O) groups is 3. The molecule has 57 heavy (non-hydrogen) atoms. The molecule has 5 aromatic rings. The van der Waals surface area contributed by atoms with Crippen LogP contribution in [0.5, 0.6) is 5.75 Å². The van der Waals surface area contributed by atoms with Crippen molar-refractivity contribution in [2.75, 3.05) is 44.3 Å². The van der Waals surface area contributed by atoms with Crippen LogP contribution in [-0.2, 0) is 19.0 Å². The number of aliphatic hydroxyl groups excluding tert-OH is 3. The van der Waals surface area contributed by atoms with E-state index >= 15 is 0 Å². The molecule has 1 amide bonds. The van der Waals surface area contributed by atoms with Gasteiger partial charge in [-0.2, -0.15) is 0 Å². The number of aromatic nitrogens is 2. The lowest BCUT2D eigenvalue weighted by Crippen LogP contribution is -2.60. The Hall–Kier alpha value is -6.06. The number of hydrogen-bond donors (Lipinski definition) is 3. The molecule has 4 aromatic carbocycles. The van der Waals surface area contributed by atoms with E-state index in [0.717, 1.165) is 22.2 Å². The van der Waals surface area contributed by atoms with Crippen LogP contribution in [0.3, 0.4) is 0 Å². The number of rotatable bonds is 11. The van der Waals surface area contributed by atoms with Crippen molar-refractivity contribution in [3.8, 4) is 22.8 Å². The first-order valence-electron chi connectivity index (χ1n) is 18.7. The zero-order chi connectivity index (χ0) is 40.2. The average molecular weight is 777 g/mol. The second-order valence-corrected chi connectivity index (χ2v) is 13.8. The van der Waals surface area contributed by atoms with Gasteiger partial charge in [-0.15, -0.1) is 0 Å². The molecular formula is C43H44N4O10. The van der Waals surface area contributed by atoms with Gasteiger partial charge in [0, 0.05) is 49.7 Å². The number of aryl methyl sites for hydroxylation is 1. The number of nitrogens with zero attached hydrogens (tertiary/aromatic N) is 4. The summed E-state index contributed by atoms with van der Waals surface area (Å²) in [6, 6.07) is 26.4. The van der Waals surface area contributed by atoms with Gasteiger partial charge >= 0.3 is 11.9 Å². The van der Waals surface area contributed by atoms with Crippen LogP contribution in [-0.4, -0.2) is 118 Å². The van der Waals surface area contributed by atoms with E-state index < -0.39 is 42.6 Å². The van der Waals surface area contributed by atoms with Crippen LogP contribution >= 0.6 is 0 Å². The van der Waals surface area contributed by atoms with Gasteiger partial charge in [0.1, 0.15) is 42.2 Å². The largest absolute Gasteiger partial charge is 0.494 e. The Balaban J connectivity index is 1.09. The lowest BCUT2D eigenvalue weighted by molar-refractivity contribution is -0.279. The summed E-state index contributed by atoms with van der Waals surface area (Å²) in [6.45, 7) is 9.40. The highest BCUT2D eigenvalue weighted by Crippen LogP contribution is 2.31. The third kappa shape index (κ3) is 8.25. The van der Waals surface area contributed by atoms with Gasteiger partial charge in [-0.3, -0.25) is 9.36 Å². The van der Waals surface area contributed by atoms with Crippen molar-refractivity contribution in [2.24, 2.45) is 0 Å². The molecule has 2 aliphatic rings. The van der Waals surface area contributed by atoms with E-state index in [9.17, 15) is 29.7 Å². The Labute approximate surface area is 329 Å². The zero-order valence-electron chi connectivity index (χ0n) is 31.6. The highest BCUT2D eigenvalue weighted by Gasteiger charge is 2.49. The molecule has 3 heterocycles. The first-order chi connectivity index (χ1) is 27.6. The molecule has 0 saturated carbocycles. The van der Waals surface area contributed by atoms with Gasteiger partial charge < -0.3 is 44.1 Å². The summed E-state index contributed by atoms with van der Waals surface area (Å²) < 4.78 is 23.6. The van der Waals surface area contributed by atoms with Crippen LogP contribution < -0.4 is 9.64 Å². The minimum absolute atomic E-state index is 0.145. The molecule has 5 unspecified atom stereocenters. The van der Waals surface area contributed by atoms with Crippen LogP contribution in [0.25, 0.3) is 27.8 Å². The fraction of sp³-hybridized carbons (Fsp3) is 0.302. The van der Waals surface area contributed by atoms with Crippen molar-refractivity contribution in [1.29, 1.82) is 0 Å². The molecule has 1 aromatic heterocycles. The van der Waals surface area contributed by atoms with E-state index in [0.29, 0.717) is 61.1 Å². The average Bonchev–Trinajstić information content (AvgIpc) is 3.68. The predicted molar refractivity (Wildman–Crippen MR) is 210 cm³/mol. The topological polar surface area (TPSA) is 173 Å². The Morgan fingerprint density at radius 3 is 2.39 bits per heavy atom. The lowest BCUT2D eigenvalue weighted by atomic mass is 9.98. The number of esters is 2. The van der Waals surface area contributed by atoms with Gasteiger partial charge in [-0.1, -0.05) is 72.8 Å². The molecule has 0 spiro atoms. The summed E-state index contributed by atoms with van der Waals surface area (Å²) in [5, 5.41) is 32.8. The smallest absolute Gasteiger partial charge is 0.341 e. The summed E-state index contributed by atoms with van der Waals surface area (Å²) in [7, 11) is 0. The van der Waals surface area contributed by atoms with E-state index in [2.05, 4.69) is 11.5 Å². The van der Waals surface area contributed by atoms with E-state index in [1.165, 1.54) is 6.08 Å². The number of aliphatic hydroxyl groups is 3. The standard InChI is InChI=1S/C43H44N4O10/c1-4-21-55-42(53)38-36(49)35(48)37(50)43(56-38)57-41(52)33-24-30(22-28-9-6-7-12-32(28)33)45-17-19-46(20-18-45)40(51)34-25-47(29-10-8-11-31(23-29)54-5-2)39(44-34)27-15-13-26(3)14-16-27/h4,6-16,22-25,35-38,43,48-50H,1,5,17-21H2,2-3H3. The Bertz CT molecular complexity index is 2270. The third-order valence-corrected chi connectivity index (χ3v) is 10.0. The maximum absolute atomic E-state index is 14.0. The summed E-state index contributed by atoms with van der Waals surface area (Å²) >= 11 is 0. The number of anilines is 1. The predicted octanol–water partition coefficient (Wildman–Crippen LogP) is 4.06. The number of imidazole rings is 1. The van der Waals surface area contributed by atoms with Crippen LogP contribution in [0.4, 0.5) is 5.69 Å². The number of fused-ring (bicyclic) bond motifs is 1. The fourth-order valence-corrected chi connectivity index (χ4v) is 6.98. The quantitative estimate of drug-likeness (QED) is 0.130. The molecule has 0 aliphatic carbocycles. The molecule has 14 nitrogen and oxygen atoms in total. The molecular weight excluding hydrogens is 732 g/mol. The van der Waals surface area contributed by atoms with Gasteiger partial charge in [0.2, 0.25) is 6.29 Å². The number of benzene rings is 4. The molecule has 2 fully saturated rings. The van der Waals surface area contributed by atoms with E-state index in [4.69, 9.17) is 23.9 Å². The van der Waals surface area contributed by atoms with Crippen molar-refractivity contribution in [2.45, 2.75) is 44.6 Å². The number of carbonyl (C=O) groups excluding carboxylic acids is 3. The molecule has 14 heteroatoms. The number of piperazine rings is 1. The molecule has 2 aliphatic heterocycles. The van der Waals surface area contributed by atoms with Crippen LogP contribution in [0, 0.1) is 6.92 Å². The maximum Gasteiger partial charge on any atom is 0.341 e. The molecule has 3 N–H and O–H groups in total. The second-order valence-electron chi connectivity index (χ2n) is 13.8. The van der Waals surface area contributed by atoms with Crippen molar-refractivity contribution in [3.05, 3.63) is 121 Å². The zero-order valence-corrected chi connectivity index (χ0v) is 31.6. The lowest BCUT2D eigenvalue weighted by Gasteiger charge is -2.38. The normalized spacial score (nSPS) is 20.9. The summed E-state index contributed by atoms with van der Waals surface area (Å²) in [5.41, 5.74) is 3.92. The Kier molecular flexibility index (Phi) is 11.7. The maximum atomic E-state index is 14.0. The molecule has 0 bridgehead atoms. The SMILES string of the molecule is C=CCOC(=O)C1OC(OC(=O)c2cc(N3CCN(C(=O)c4cn(-c5cccc(OCC)c5)c(-c5ccc(C)cc5)n4)CC3)cc3ccccc23)C(O)C(O)C1O.